The predicted molar refractivity (Wildman–Crippen MR) is 103 cm³/mol. The van der Waals surface area contributed by atoms with Crippen LogP contribution in [0.4, 0.5) is 4.79 Å². The summed E-state index contributed by atoms with van der Waals surface area (Å²) in [6, 6.07) is 4.51. The van der Waals surface area contributed by atoms with Crippen LogP contribution in [0.1, 0.15) is 48.4 Å². The summed E-state index contributed by atoms with van der Waals surface area (Å²) in [5, 5.41) is 13.0. The van der Waals surface area contributed by atoms with E-state index in [0.717, 1.165) is 35.3 Å². The van der Waals surface area contributed by atoms with E-state index in [1.54, 1.807) is 26.0 Å². The van der Waals surface area contributed by atoms with Crippen LogP contribution in [0, 0.1) is 5.92 Å². The zero-order chi connectivity index (χ0) is 20.9. The van der Waals surface area contributed by atoms with Gasteiger partial charge in [0.05, 0.1) is 5.92 Å². The van der Waals surface area contributed by atoms with Gasteiger partial charge in [-0.05, 0) is 32.8 Å². The highest BCUT2D eigenvalue weighted by Crippen LogP contribution is 2.33. The summed E-state index contributed by atoms with van der Waals surface area (Å²) >= 11 is 0. The lowest BCUT2D eigenvalue weighted by Crippen LogP contribution is -2.42. The fourth-order valence-corrected chi connectivity index (χ4v) is 4.05. The average Bonchev–Trinajstić information content (AvgIpc) is 3.28. The summed E-state index contributed by atoms with van der Waals surface area (Å²) < 4.78 is 5.84. The van der Waals surface area contributed by atoms with Gasteiger partial charge in [-0.25, -0.2) is 4.79 Å². The molecule has 1 atom stereocenters. The molecule has 29 heavy (non-hydrogen) atoms. The molecule has 0 radical (unpaired) electrons. The molecule has 1 saturated heterocycles. The fraction of sp³-hybridized carbons (Fsp3) is 0.429. The lowest BCUT2D eigenvalue weighted by molar-refractivity contribution is -0.142. The van der Waals surface area contributed by atoms with Crippen LogP contribution in [-0.2, 0) is 22.4 Å². The summed E-state index contributed by atoms with van der Waals surface area (Å²) in [6.45, 7) is 2.74. The van der Waals surface area contributed by atoms with Crippen LogP contribution in [0.25, 0.3) is 11.0 Å². The third-order valence-electron chi connectivity index (χ3n) is 5.66. The van der Waals surface area contributed by atoms with E-state index in [9.17, 15) is 24.3 Å². The van der Waals surface area contributed by atoms with Gasteiger partial charge in [-0.2, -0.15) is 0 Å². The van der Waals surface area contributed by atoms with Crippen molar-refractivity contribution in [1.29, 1.82) is 0 Å². The van der Waals surface area contributed by atoms with E-state index in [4.69, 9.17) is 4.42 Å². The maximum absolute atomic E-state index is 12.7. The first-order chi connectivity index (χ1) is 13.7. The number of carbonyl (C=O) groups is 4. The number of aliphatic carboxylic acids is 1. The third kappa shape index (κ3) is 3.28. The fourth-order valence-electron chi connectivity index (χ4n) is 4.05. The molecule has 2 aliphatic rings. The van der Waals surface area contributed by atoms with Crippen molar-refractivity contribution >= 4 is 34.7 Å². The Morgan fingerprint density at radius 2 is 2.03 bits per heavy atom. The maximum atomic E-state index is 12.7. The number of nitrogens with zero attached hydrogens (tertiary/aromatic N) is 1. The average molecular weight is 398 g/mol. The maximum Gasteiger partial charge on any atom is 0.325 e. The number of aryl methyl sites for hydroxylation is 2. The number of nitrogens with one attached hydrogen (secondary N) is 1. The van der Waals surface area contributed by atoms with E-state index < -0.39 is 29.4 Å². The Kier molecular flexibility index (Phi) is 4.44. The number of rotatable bonds is 6. The van der Waals surface area contributed by atoms with Crippen LogP contribution in [-0.4, -0.2) is 45.8 Å². The largest absolute Gasteiger partial charge is 0.481 e. The topological polar surface area (TPSA) is 117 Å². The smallest absolute Gasteiger partial charge is 0.325 e. The number of fused-ring (bicyclic) bond motifs is 3. The lowest BCUT2D eigenvalue weighted by atomic mass is 9.96. The molecule has 152 valence electrons. The van der Waals surface area contributed by atoms with Crippen molar-refractivity contribution in [2.45, 2.75) is 45.1 Å². The molecule has 0 unspecified atom stereocenters. The number of hydrogen-bond acceptors (Lipinski definition) is 5. The molecular weight excluding hydrogens is 376 g/mol. The highest BCUT2D eigenvalue weighted by molar-refractivity contribution is 6.07. The first-order valence-corrected chi connectivity index (χ1v) is 9.62. The molecule has 2 aromatic rings. The molecule has 2 heterocycles. The molecule has 1 aromatic heterocycles. The number of carboxylic acids is 1. The van der Waals surface area contributed by atoms with Gasteiger partial charge in [-0.15, -0.1) is 0 Å². The number of benzene rings is 1. The summed E-state index contributed by atoms with van der Waals surface area (Å²) in [6.07, 6.45) is 2.58. The molecular formula is C21H22N2O6. The van der Waals surface area contributed by atoms with Crippen molar-refractivity contribution in [3.8, 4) is 0 Å². The van der Waals surface area contributed by atoms with Gasteiger partial charge in [0.1, 0.15) is 16.9 Å². The minimum Gasteiger partial charge on any atom is -0.481 e. The number of imide groups is 1. The van der Waals surface area contributed by atoms with Crippen LogP contribution < -0.4 is 5.32 Å². The Bertz CT molecular complexity index is 1050. The zero-order valence-electron chi connectivity index (χ0n) is 16.3. The van der Waals surface area contributed by atoms with Crippen LogP contribution in [0.5, 0.6) is 0 Å². The SMILES string of the molecule is CC1(C)NC(=O)N(C[C@@H](CC(=O)c2ccc3c4c(oc3c2)CCC4)C(=O)O)C1=O. The first-order valence-electron chi connectivity index (χ1n) is 9.62. The van der Waals surface area contributed by atoms with Crippen molar-refractivity contribution in [2.24, 2.45) is 5.92 Å². The highest BCUT2D eigenvalue weighted by atomic mass is 16.4. The number of amides is 3. The molecule has 1 aliphatic heterocycles. The molecule has 8 nitrogen and oxygen atoms in total. The highest BCUT2D eigenvalue weighted by Gasteiger charge is 2.45. The molecule has 2 N–H and O–H groups in total. The van der Waals surface area contributed by atoms with Gasteiger partial charge in [0.15, 0.2) is 5.78 Å². The van der Waals surface area contributed by atoms with Crippen molar-refractivity contribution in [3.63, 3.8) is 0 Å². The molecule has 1 aliphatic carbocycles. The van der Waals surface area contributed by atoms with Gasteiger partial charge in [-0.1, -0.05) is 12.1 Å². The second-order valence-electron chi connectivity index (χ2n) is 8.20. The first kappa shape index (κ1) is 19.2. The van der Waals surface area contributed by atoms with Crippen molar-refractivity contribution in [2.75, 3.05) is 6.54 Å². The minimum absolute atomic E-state index is 0.321. The second-order valence-corrected chi connectivity index (χ2v) is 8.20. The zero-order valence-corrected chi connectivity index (χ0v) is 16.3. The molecule has 3 amide bonds. The number of urea groups is 1. The van der Waals surface area contributed by atoms with E-state index in [-0.39, 0.29) is 18.7 Å². The summed E-state index contributed by atoms with van der Waals surface area (Å²) in [7, 11) is 0. The van der Waals surface area contributed by atoms with Crippen molar-refractivity contribution in [1.82, 2.24) is 10.2 Å². The van der Waals surface area contributed by atoms with Gasteiger partial charge in [0, 0.05) is 35.9 Å². The normalized spacial score (nSPS) is 18.8. The van der Waals surface area contributed by atoms with Gasteiger partial charge in [0.25, 0.3) is 5.91 Å². The van der Waals surface area contributed by atoms with E-state index in [0.29, 0.717) is 11.1 Å². The number of carbonyl (C=O) groups excluding carboxylic acids is 3. The van der Waals surface area contributed by atoms with E-state index in [1.807, 2.05) is 6.07 Å². The van der Waals surface area contributed by atoms with Gasteiger partial charge in [0.2, 0.25) is 0 Å². The lowest BCUT2D eigenvalue weighted by Gasteiger charge is -2.19. The molecule has 0 spiro atoms. The monoisotopic (exact) mass is 398 g/mol. The Hall–Kier alpha value is -3.16. The number of hydrogen-bond donors (Lipinski definition) is 2. The summed E-state index contributed by atoms with van der Waals surface area (Å²) in [5.41, 5.74) is 1.08. The number of ketones is 1. The van der Waals surface area contributed by atoms with Crippen LogP contribution in [0.15, 0.2) is 22.6 Å². The molecule has 1 fully saturated rings. The third-order valence-corrected chi connectivity index (χ3v) is 5.66. The van der Waals surface area contributed by atoms with Crippen LogP contribution >= 0.6 is 0 Å². The Morgan fingerprint density at radius 3 is 2.69 bits per heavy atom. The number of Topliss-reactive ketones (excluding diaryl/α,β-unsaturated/α-hetero) is 1. The van der Waals surface area contributed by atoms with Crippen LogP contribution in [0.2, 0.25) is 0 Å². The Morgan fingerprint density at radius 1 is 1.28 bits per heavy atom. The standard InChI is InChI=1S/C21H22N2O6/c1-21(2)19(27)23(20(28)22-21)10-12(18(25)26)8-15(24)11-6-7-14-13-4-3-5-16(13)29-17(14)9-11/h6-7,9,12H,3-5,8,10H2,1-2H3,(H,22,28)(H,25,26)/t12-/m1/s1. The van der Waals surface area contributed by atoms with Crippen molar-refractivity contribution in [3.05, 3.63) is 35.1 Å². The molecule has 0 bridgehead atoms. The quantitative estimate of drug-likeness (QED) is 0.570. The van der Waals surface area contributed by atoms with Gasteiger partial charge in [-0.3, -0.25) is 19.3 Å². The second kappa shape index (κ2) is 6.72. The minimum atomic E-state index is -1.23. The molecule has 8 heteroatoms. The Labute approximate surface area is 166 Å². The molecule has 4 rings (SSSR count). The predicted octanol–water partition coefficient (Wildman–Crippen LogP) is 2.53. The Balaban J connectivity index is 1.52. The van der Waals surface area contributed by atoms with Gasteiger partial charge < -0.3 is 14.8 Å². The number of carboxylic acid groups (broad SMARTS) is 1. The number of furan rings is 1. The van der Waals surface area contributed by atoms with E-state index >= 15 is 0 Å². The molecule has 1 aromatic carbocycles. The van der Waals surface area contributed by atoms with E-state index in [2.05, 4.69) is 5.32 Å². The van der Waals surface area contributed by atoms with Crippen molar-refractivity contribution < 1.29 is 28.7 Å². The summed E-state index contributed by atoms with van der Waals surface area (Å²) in [4.78, 5) is 49.6. The molecule has 0 saturated carbocycles. The van der Waals surface area contributed by atoms with E-state index in [1.165, 1.54) is 5.56 Å². The summed E-state index contributed by atoms with van der Waals surface area (Å²) in [5.74, 6) is -2.35. The van der Waals surface area contributed by atoms with Crippen LogP contribution in [0.3, 0.4) is 0 Å². The van der Waals surface area contributed by atoms with Gasteiger partial charge >= 0.3 is 12.0 Å².